The first-order valence-electron chi connectivity index (χ1n) is 10.4. The molecular weight excluding hydrogens is 446 g/mol. The number of nitrogens with zero attached hydrogens (tertiary/aromatic N) is 4. The van der Waals surface area contributed by atoms with E-state index < -0.39 is 0 Å². The van der Waals surface area contributed by atoms with Crippen molar-refractivity contribution in [1.82, 2.24) is 15.3 Å². The molecule has 2 amide bonds. The van der Waals surface area contributed by atoms with Gasteiger partial charge in [-0.2, -0.15) is 0 Å². The molecule has 0 radical (unpaired) electrons. The number of hydrogen-bond donors (Lipinski definition) is 1. The molecule has 0 spiro atoms. The maximum atomic E-state index is 12.7. The first kappa shape index (κ1) is 20.8. The molecule has 2 aromatic rings. The van der Waals surface area contributed by atoms with E-state index in [4.69, 9.17) is 0 Å². The number of piperidine rings is 1. The van der Waals surface area contributed by atoms with Crippen molar-refractivity contribution in [3.05, 3.63) is 46.3 Å². The number of anilines is 2. The molecule has 2 aliphatic rings. The van der Waals surface area contributed by atoms with E-state index in [1.54, 1.807) is 4.90 Å². The summed E-state index contributed by atoms with van der Waals surface area (Å²) in [5.41, 5.74) is 1.70. The van der Waals surface area contributed by atoms with Crippen LogP contribution in [0.25, 0.3) is 0 Å². The van der Waals surface area contributed by atoms with E-state index in [-0.39, 0.29) is 30.7 Å². The predicted octanol–water partition coefficient (Wildman–Crippen LogP) is 3.21. The zero-order valence-corrected chi connectivity index (χ0v) is 18.7. The Labute approximate surface area is 185 Å². The number of aryl methyl sites for hydroxylation is 1. The van der Waals surface area contributed by atoms with Crippen LogP contribution in [0.2, 0.25) is 0 Å². The largest absolute Gasteiger partial charge is 0.357 e. The van der Waals surface area contributed by atoms with Gasteiger partial charge < -0.3 is 15.1 Å². The Morgan fingerprint density at radius 2 is 2.00 bits per heavy atom. The summed E-state index contributed by atoms with van der Waals surface area (Å²) in [5.74, 6) is 1.00. The molecule has 7 nitrogen and oxygen atoms in total. The minimum Gasteiger partial charge on any atom is -0.357 e. The monoisotopic (exact) mass is 471 g/mol. The number of hydrogen-bond acceptors (Lipinski definition) is 5. The van der Waals surface area contributed by atoms with Crippen LogP contribution in [0.15, 0.2) is 34.8 Å². The number of carbonyl (C=O) groups excluding carboxylic acids is 2. The Kier molecular flexibility index (Phi) is 6.32. The first-order chi connectivity index (χ1) is 14.5. The highest BCUT2D eigenvalue weighted by molar-refractivity contribution is 9.10. The maximum Gasteiger partial charge on any atom is 0.227 e. The summed E-state index contributed by atoms with van der Waals surface area (Å²) in [4.78, 5) is 38.3. The highest BCUT2D eigenvalue weighted by Gasteiger charge is 2.35. The van der Waals surface area contributed by atoms with Crippen molar-refractivity contribution in [2.24, 2.45) is 5.92 Å². The number of rotatable bonds is 5. The van der Waals surface area contributed by atoms with Crippen molar-refractivity contribution in [3.8, 4) is 0 Å². The summed E-state index contributed by atoms with van der Waals surface area (Å²) >= 11 is 3.43. The number of carbonyl (C=O) groups is 2. The molecule has 1 unspecified atom stereocenters. The van der Waals surface area contributed by atoms with Gasteiger partial charge in [0.05, 0.1) is 12.5 Å². The summed E-state index contributed by atoms with van der Waals surface area (Å²) < 4.78 is 0.904. The van der Waals surface area contributed by atoms with E-state index >= 15 is 0 Å². The third-order valence-corrected chi connectivity index (χ3v) is 6.10. The second-order valence-electron chi connectivity index (χ2n) is 7.93. The normalized spacial score (nSPS) is 19.3. The average Bonchev–Trinajstić information content (AvgIpc) is 3.14. The van der Waals surface area contributed by atoms with Crippen LogP contribution in [0, 0.1) is 12.8 Å². The van der Waals surface area contributed by atoms with Gasteiger partial charge in [-0.15, -0.1) is 0 Å². The summed E-state index contributed by atoms with van der Waals surface area (Å²) in [6.45, 7) is 4.62. The number of amides is 2. The van der Waals surface area contributed by atoms with Gasteiger partial charge in [-0.1, -0.05) is 22.0 Å². The highest BCUT2D eigenvalue weighted by atomic mass is 79.9. The molecule has 30 heavy (non-hydrogen) atoms. The van der Waals surface area contributed by atoms with Crippen LogP contribution in [0.1, 0.15) is 37.2 Å². The Balaban J connectivity index is 1.38. The minimum atomic E-state index is -0.372. The molecule has 0 saturated carbocycles. The topological polar surface area (TPSA) is 78.4 Å². The van der Waals surface area contributed by atoms with Crippen LogP contribution in [0.5, 0.6) is 0 Å². The van der Waals surface area contributed by atoms with E-state index in [1.807, 2.05) is 37.3 Å². The fraction of sp³-hybridized carbons (Fsp3) is 0.455. The highest BCUT2D eigenvalue weighted by Crippen LogP contribution is 2.27. The van der Waals surface area contributed by atoms with Crippen molar-refractivity contribution in [3.63, 3.8) is 0 Å². The first-order valence-corrected chi connectivity index (χ1v) is 11.2. The van der Waals surface area contributed by atoms with Gasteiger partial charge in [0.25, 0.3) is 0 Å². The zero-order chi connectivity index (χ0) is 21.1. The zero-order valence-electron chi connectivity index (χ0n) is 17.1. The van der Waals surface area contributed by atoms with Gasteiger partial charge in [0.15, 0.2) is 0 Å². The van der Waals surface area contributed by atoms with Crippen LogP contribution in [-0.2, 0) is 16.1 Å². The van der Waals surface area contributed by atoms with E-state index in [2.05, 4.69) is 36.1 Å². The summed E-state index contributed by atoms with van der Waals surface area (Å²) in [7, 11) is 0. The van der Waals surface area contributed by atoms with E-state index in [0.29, 0.717) is 12.4 Å². The van der Waals surface area contributed by atoms with E-state index in [0.717, 1.165) is 34.8 Å². The number of halogens is 1. The molecule has 4 rings (SSSR count). The van der Waals surface area contributed by atoms with E-state index in [1.165, 1.54) is 19.3 Å². The van der Waals surface area contributed by atoms with Crippen LogP contribution < -0.4 is 15.1 Å². The molecule has 0 aliphatic carbocycles. The van der Waals surface area contributed by atoms with Gasteiger partial charge in [-0.05, 0) is 44.4 Å². The van der Waals surface area contributed by atoms with Crippen molar-refractivity contribution < 1.29 is 9.59 Å². The van der Waals surface area contributed by atoms with E-state index in [9.17, 15) is 9.59 Å². The minimum absolute atomic E-state index is 0.0348. The summed E-state index contributed by atoms with van der Waals surface area (Å²) in [6.07, 6.45) is 3.84. The van der Waals surface area contributed by atoms with Gasteiger partial charge >= 0.3 is 0 Å². The third-order valence-electron chi connectivity index (χ3n) is 5.60. The van der Waals surface area contributed by atoms with Gasteiger partial charge in [0, 0.05) is 48.0 Å². The summed E-state index contributed by atoms with van der Waals surface area (Å²) in [5, 5.41) is 2.93. The fourth-order valence-electron chi connectivity index (χ4n) is 4.06. The molecule has 1 aromatic carbocycles. The number of aromatic nitrogens is 2. The lowest BCUT2D eigenvalue weighted by molar-refractivity contribution is -0.126. The lowest BCUT2D eigenvalue weighted by atomic mass is 10.1. The van der Waals surface area contributed by atoms with Crippen LogP contribution >= 0.6 is 15.9 Å². The summed E-state index contributed by atoms with van der Waals surface area (Å²) in [6, 6.07) is 9.57. The van der Waals surface area contributed by atoms with Crippen molar-refractivity contribution in [1.29, 1.82) is 0 Å². The number of nitrogens with one attached hydrogen (secondary N) is 1. The second-order valence-corrected chi connectivity index (χ2v) is 8.85. The Morgan fingerprint density at radius 1 is 1.20 bits per heavy atom. The van der Waals surface area contributed by atoms with Gasteiger partial charge in [-0.25, -0.2) is 9.97 Å². The fourth-order valence-corrected chi connectivity index (χ4v) is 4.45. The smallest absolute Gasteiger partial charge is 0.227 e. The second kappa shape index (κ2) is 9.12. The van der Waals surface area contributed by atoms with Gasteiger partial charge in [-0.3, -0.25) is 9.59 Å². The quantitative estimate of drug-likeness (QED) is 0.723. The molecule has 1 atom stereocenters. The standard InChI is InChI=1S/C22H26BrN5O2/c1-15-10-20(27-8-3-2-4-9-27)26-19(25-15)13-24-22(30)16-11-21(29)28(14-16)18-7-5-6-17(23)12-18/h5-7,10,12,16H,2-4,8-9,11,13-14H2,1H3,(H,24,30). The third kappa shape index (κ3) is 4.80. The van der Waals surface area contributed by atoms with Crippen LogP contribution in [0.3, 0.4) is 0 Å². The van der Waals surface area contributed by atoms with Crippen molar-refractivity contribution in [2.45, 2.75) is 39.2 Å². The molecule has 2 fully saturated rings. The molecular formula is C22H26BrN5O2. The lowest BCUT2D eigenvalue weighted by Gasteiger charge is -2.28. The number of benzene rings is 1. The molecule has 2 aliphatic heterocycles. The SMILES string of the molecule is Cc1cc(N2CCCCC2)nc(CNC(=O)C2CC(=O)N(c3cccc(Br)c3)C2)n1. The molecule has 2 saturated heterocycles. The van der Waals surface area contributed by atoms with Crippen molar-refractivity contribution in [2.75, 3.05) is 29.4 Å². The molecule has 8 heteroatoms. The van der Waals surface area contributed by atoms with Gasteiger partial charge in [0.2, 0.25) is 11.8 Å². The Bertz CT molecular complexity index is 945. The van der Waals surface area contributed by atoms with Gasteiger partial charge in [0.1, 0.15) is 11.6 Å². The van der Waals surface area contributed by atoms with Crippen LogP contribution in [0.4, 0.5) is 11.5 Å². The molecule has 1 aromatic heterocycles. The molecule has 158 valence electrons. The maximum absolute atomic E-state index is 12.7. The van der Waals surface area contributed by atoms with Crippen LogP contribution in [-0.4, -0.2) is 41.4 Å². The Hall–Kier alpha value is -2.48. The molecule has 0 bridgehead atoms. The molecule has 1 N–H and O–H groups in total. The van der Waals surface area contributed by atoms with Crippen molar-refractivity contribution >= 4 is 39.2 Å². The lowest BCUT2D eigenvalue weighted by Crippen LogP contribution is -2.34. The Morgan fingerprint density at radius 3 is 2.77 bits per heavy atom. The predicted molar refractivity (Wildman–Crippen MR) is 119 cm³/mol. The molecule has 3 heterocycles. The average molecular weight is 472 g/mol.